The van der Waals surface area contributed by atoms with Crippen molar-refractivity contribution in [3.63, 3.8) is 0 Å². The Labute approximate surface area is 205 Å². The van der Waals surface area contributed by atoms with Crippen molar-refractivity contribution < 1.29 is 28.5 Å². The van der Waals surface area contributed by atoms with Gasteiger partial charge in [0.15, 0.2) is 33.8 Å². The molecule has 4 rings (SSSR count). The van der Waals surface area contributed by atoms with E-state index >= 15 is 0 Å². The van der Waals surface area contributed by atoms with Crippen molar-refractivity contribution in [1.29, 1.82) is 0 Å². The first kappa shape index (κ1) is 23.9. The van der Waals surface area contributed by atoms with Gasteiger partial charge in [-0.15, -0.1) is 0 Å². The van der Waals surface area contributed by atoms with Gasteiger partial charge >= 0.3 is 5.97 Å². The van der Waals surface area contributed by atoms with E-state index in [0.29, 0.717) is 41.1 Å². The highest BCUT2D eigenvalue weighted by atomic mass is 32.1. The molecule has 2 aliphatic rings. The minimum absolute atomic E-state index is 0.277. The molecule has 182 valence electrons. The zero-order valence-electron chi connectivity index (χ0n) is 20.0. The zero-order valence-corrected chi connectivity index (χ0v) is 20.9. The van der Waals surface area contributed by atoms with E-state index < -0.39 is 17.7 Å². The fraction of sp³-hybridized carbons (Fsp3) is 0.440. The van der Waals surface area contributed by atoms with Gasteiger partial charge in [0.1, 0.15) is 5.92 Å². The Morgan fingerprint density at radius 2 is 1.85 bits per heavy atom. The highest BCUT2D eigenvalue weighted by molar-refractivity contribution is 7.80. The van der Waals surface area contributed by atoms with Crippen LogP contribution < -0.4 is 24.3 Å². The van der Waals surface area contributed by atoms with Crippen LogP contribution in [0.2, 0.25) is 0 Å². The summed E-state index contributed by atoms with van der Waals surface area (Å²) in [4.78, 5) is 15.1. The smallest absolute Gasteiger partial charge is 0.317 e. The molecule has 1 N–H and O–H groups in total. The monoisotopic (exact) mass is 486 g/mol. The Bertz CT molecular complexity index is 1090. The number of hydrogen-bond acceptors (Lipinski definition) is 7. The molecule has 0 spiro atoms. The zero-order chi connectivity index (χ0) is 24.5. The van der Waals surface area contributed by atoms with Crippen molar-refractivity contribution in [2.75, 3.05) is 34.5 Å². The van der Waals surface area contributed by atoms with Gasteiger partial charge in [-0.05, 0) is 56.2 Å². The summed E-state index contributed by atoms with van der Waals surface area (Å²) in [6.45, 7) is 4.46. The Hall–Kier alpha value is -3.20. The van der Waals surface area contributed by atoms with Crippen LogP contribution in [0.3, 0.4) is 0 Å². The van der Waals surface area contributed by atoms with Gasteiger partial charge in [0.25, 0.3) is 0 Å². The maximum Gasteiger partial charge on any atom is 0.317 e. The number of nitrogens with zero attached hydrogens (tertiary/aromatic N) is 1. The molecule has 3 atom stereocenters. The Kier molecular flexibility index (Phi) is 6.74. The lowest BCUT2D eigenvalue weighted by Gasteiger charge is -2.55. The molecule has 8 nitrogen and oxygen atoms in total. The number of ether oxygens (including phenoxy) is 5. The van der Waals surface area contributed by atoms with Crippen LogP contribution >= 0.6 is 12.2 Å². The third-order valence-corrected chi connectivity index (χ3v) is 6.79. The number of rotatable bonds is 8. The molecule has 0 unspecified atom stereocenters. The van der Waals surface area contributed by atoms with Crippen LogP contribution in [0, 0.1) is 5.92 Å². The first-order chi connectivity index (χ1) is 16.4. The van der Waals surface area contributed by atoms with Gasteiger partial charge < -0.3 is 33.9 Å². The molecule has 0 aliphatic carbocycles. The van der Waals surface area contributed by atoms with Crippen LogP contribution in [0.15, 0.2) is 36.4 Å². The van der Waals surface area contributed by atoms with E-state index in [9.17, 15) is 4.79 Å². The lowest BCUT2D eigenvalue weighted by Crippen LogP contribution is -2.71. The summed E-state index contributed by atoms with van der Waals surface area (Å²) in [6, 6.07) is 11.0. The second kappa shape index (κ2) is 9.58. The standard InChI is InChI=1S/C25H30N2O6S/c1-6-32-23(28)20-21-16-8-7-9-18(30-4)22(16)33-25(20,2)27(24(34)26-21)13-12-15-10-11-17(29-3)19(14-15)31-5/h7-11,14,20-21H,6,12-13H2,1-5H3,(H,26,34)/t20-,21-,25+/m1/s1. The minimum atomic E-state index is -1.07. The average Bonchev–Trinajstić information content (AvgIpc) is 2.83. The number of methoxy groups -OCH3 is 3. The minimum Gasteiger partial charge on any atom is -0.493 e. The molecule has 2 bridgehead atoms. The van der Waals surface area contributed by atoms with Crippen LogP contribution in [-0.4, -0.2) is 56.2 Å². The predicted molar refractivity (Wildman–Crippen MR) is 131 cm³/mol. The summed E-state index contributed by atoms with van der Waals surface area (Å²) in [7, 11) is 4.81. The number of para-hydroxylation sites is 1. The third kappa shape index (κ3) is 3.98. The number of nitrogens with one attached hydrogen (secondary N) is 1. The van der Waals surface area contributed by atoms with Gasteiger partial charge in [-0.3, -0.25) is 4.79 Å². The molecule has 2 heterocycles. The number of carbonyl (C=O) groups excluding carboxylic acids is 1. The summed E-state index contributed by atoms with van der Waals surface area (Å²) >= 11 is 5.76. The van der Waals surface area contributed by atoms with Crippen LogP contribution in [0.5, 0.6) is 23.0 Å². The summed E-state index contributed by atoms with van der Waals surface area (Å²) in [5.41, 5.74) is 0.779. The first-order valence-corrected chi connectivity index (χ1v) is 11.6. The number of thiocarbonyl (C=S) groups is 1. The van der Waals surface area contributed by atoms with Crippen LogP contribution in [0.1, 0.15) is 31.0 Å². The summed E-state index contributed by atoms with van der Waals surface area (Å²) in [6.07, 6.45) is 0.639. The molecule has 2 aromatic carbocycles. The average molecular weight is 487 g/mol. The normalized spacial score (nSPS) is 22.7. The van der Waals surface area contributed by atoms with Crippen molar-refractivity contribution >= 4 is 23.3 Å². The van der Waals surface area contributed by atoms with Gasteiger partial charge in [0.05, 0.1) is 34.0 Å². The Morgan fingerprint density at radius 1 is 1.12 bits per heavy atom. The van der Waals surface area contributed by atoms with Gasteiger partial charge in [-0.25, -0.2) is 0 Å². The quantitative estimate of drug-likeness (QED) is 0.446. The van der Waals surface area contributed by atoms with Crippen molar-refractivity contribution in [3.05, 3.63) is 47.5 Å². The third-order valence-electron chi connectivity index (χ3n) is 6.46. The lowest BCUT2D eigenvalue weighted by atomic mass is 9.79. The molecule has 1 saturated heterocycles. The van der Waals surface area contributed by atoms with Crippen molar-refractivity contribution in [1.82, 2.24) is 10.2 Å². The molecule has 9 heteroatoms. The number of hydrogen-bond donors (Lipinski definition) is 1. The fourth-order valence-corrected chi connectivity index (χ4v) is 5.19. The van der Waals surface area contributed by atoms with Crippen molar-refractivity contribution in [2.45, 2.75) is 32.0 Å². The second-order valence-electron chi connectivity index (χ2n) is 8.28. The van der Waals surface area contributed by atoms with Gasteiger partial charge in [-0.2, -0.15) is 0 Å². The topological polar surface area (TPSA) is 78.5 Å². The molecule has 0 amide bonds. The molecule has 0 aromatic heterocycles. The molecule has 34 heavy (non-hydrogen) atoms. The van der Waals surface area contributed by atoms with E-state index in [-0.39, 0.29) is 12.6 Å². The maximum absolute atomic E-state index is 13.2. The van der Waals surface area contributed by atoms with Crippen molar-refractivity contribution in [3.8, 4) is 23.0 Å². The molecule has 2 aliphatic heterocycles. The van der Waals surface area contributed by atoms with E-state index in [1.165, 1.54) is 0 Å². The van der Waals surface area contributed by atoms with E-state index in [0.717, 1.165) is 11.1 Å². The van der Waals surface area contributed by atoms with Crippen LogP contribution in [0.4, 0.5) is 0 Å². The molecule has 2 aromatic rings. The molecule has 0 radical (unpaired) electrons. The molecule has 1 fully saturated rings. The fourth-order valence-electron chi connectivity index (χ4n) is 4.79. The Morgan fingerprint density at radius 3 is 2.53 bits per heavy atom. The maximum atomic E-state index is 13.2. The van der Waals surface area contributed by atoms with E-state index in [4.69, 9.17) is 35.9 Å². The van der Waals surface area contributed by atoms with Gasteiger partial charge in [0.2, 0.25) is 0 Å². The van der Waals surface area contributed by atoms with E-state index in [1.54, 1.807) is 28.3 Å². The van der Waals surface area contributed by atoms with Crippen LogP contribution in [-0.2, 0) is 16.0 Å². The summed E-state index contributed by atoms with van der Waals surface area (Å²) < 4.78 is 28.4. The summed E-state index contributed by atoms with van der Waals surface area (Å²) in [5, 5.41) is 3.89. The first-order valence-electron chi connectivity index (χ1n) is 11.2. The highest BCUT2D eigenvalue weighted by Crippen LogP contribution is 2.51. The highest BCUT2D eigenvalue weighted by Gasteiger charge is 2.59. The second-order valence-corrected chi connectivity index (χ2v) is 8.67. The number of benzene rings is 2. The van der Waals surface area contributed by atoms with Gasteiger partial charge in [0, 0.05) is 12.1 Å². The van der Waals surface area contributed by atoms with E-state index in [1.807, 2.05) is 48.2 Å². The molecule has 0 saturated carbocycles. The number of carbonyl (C=O) groups is 1. The van der Waals surface area contributed by atoms with Crippen molar-refractivity contribution in [2.24, 2.45) is 5.92 Å². The summed E-state index contributed by atoms with van der Waals surface area (Å²) in [5.74, 6) is 1.55. The number of esters is 1. The van der Waals surface area contributed by atoms with E-state index in [2.05, 4.69) is 5.32 Å². The number of fused-ring (bicyclic) bond motifs is 4. The lowest BCUT2D eigenvalue weighted by molar-refractivity contribution is -0.175. The molecular weight excluding hydrogens is 456 g/mol. The van der Waals surface area contributed by atoms with Crippen LogP contribution in [0.25, 0.3) is 0 Å². The Balaban J connectivity index is 1.70. The SMILES string of the molecule is CCOC(=O)[C@H]1[C@@H]2NC(=S)N(CCc3ccc(OC)c(OC)c3)[C@@]1(C)Oc1c(OC)cccc12. The molecular formula is C25H30N2O6S. The predicted octanol–water partition coefficient (Wildman–Crippen LogP) is 3.47. The largest absolute Gasteiger partial charge is 0.493 e. The van der Waals surface area contributed by atoms with Gasteiger partial charge in [-0.1, -0.05) is 18.2 Å².